The van der Waals surface area contributed by atoms with Gasteiger partial charge in [0.25, 0.3) is 5.91 Å². The number of anilines is 2. The predicted octanol–water partition coefficient (Wildman–Crippen LogP) is 4.36. The number of aromatic nitrogens is 4. The number of nitrogens with one attached hydrogen (secondary N) is 1. The van der Waals surface area contributed by atoms with Gasteiger partial charge in [-0.2, -0.15) is 13.2 Å². The summed E-state index contributed by atoms with van der Waals surface area (Å²) < 4.78 is 41.2. The quantitative estimate of drug-likeness (QED) is 0.487. The second-order valence-electron chi connectivity index (χ2n) is 7.81. The maximum atomic E-state index is 13.2. The molecule has 4 aromatic rings. The number of fused-ring (bicyclic) bond motifs is 1. The molecular formula is C23H19F3N6O. The van der Waals surface area contributed by atoms with Crippen molar-refractivity contribution < 1.29 is 18.0 Å². The Labute approximate surface area is 186 Å². The fourth-order valence-corrected chi connectivity index (χ4v) is 3.71. The van der Waals surface area contributed by atoms with Crippen molar-refractivity contribution in [2.75, 3.05) is 23.3 Å². The fourth-order valence-electron chi connectivity index (χ4n) is 3.71. The maximum Gasteiger partial charge on any atom is 0.417 e. The second-order valence-corrected chi connectivity index (χ2v) is 7.81. The molecule has 1 fully saturated rings. The molecule has 0 aromatic carbocycles. The summed E-state index contributed by atoms with van der Waals surface area (Å²) in [6.07, 6.45) is 2.18. The summed E-state index contributed by atoms with van der Waals surface area (Å²) in [5.41, 5.74) is 0.943. The Morgan fingerprint density at radius 3 is 2.45 bits per heavy atom. The van der Waals surface area contributed by atoms with Gasteiger partial charge < -0.3 is 14.8 Å². The summed E-state index contributed by atoms with van der Waals surface area (Å²) >= 11 is 0. The molecule has 5 heterocycles. The van der Waals surface area contributed by atoms with Crippen molar-refractivity contribution in [2.24, 2.45) is 0 Å². The lowest BCUT2D eigenvalue weighted by Gasteiger charge is -2.31. The number of pyridine rings is 3. The first kappa shape index (κ1) is 20.9. The number of halogens is 3. The van der Waals surface area contributed by atoms with Gasteiger partial charge in [0.2, 0.25) is 0 Å². The number of carbonyl (C=O) groups excluding carboxylic acids is 1. The van der Waals surface area contributed by atoms with Gasteiger partial charge in [0.1, 0.15) is 17.2 Å². The molecule has 33 heavy (non-hydrogen) atoms. The number of nitrogens with zero attached hydrogens (tertiary/aromatic N) is 5. The molecular weight excluding hydrogens is 433 g/mol. The number of alkyl halides is 3. The summed E-state index contributed by atoms with van der Waals surface area (Å²) in [6, 6.07) is 9.57. The lowest BCUT2D eigenvalue weighted by atomic mass is 10.2. The van der Waals surface area contributed by atoms with Crippen molar-refractivity contribution in [3.8, 4) is 0 Å². The normalized spacial score (nSPS) is 13.7. The first-order valence-electron chi connectivity index (χ1n) is 10.4. The van der Waals surface area contributed by atoms with Crippen LogP contribution in [0.3, 0.4) is 0 Å². The zero-order valence-electron chi connectivity index (χ0n) is 17.4. The minimum absolute atomic E-state index is 0.195. The minimum Gasteiger partial charge on any atom is -0.356 e. The van der Waals surface area contributed by atoms with E-state index in [2.05, 4.69) is 25.2 Å². The highest BCUT2D eigenvalue weighted by molar-refractivity contribution is 6.06. The molecule has 1 saturated heterocycles. The van der Waals surface area contributed by atoms with Crippen molar-refractivity contribution in [2.45, 2.75) is 19.1 Å². The Bertz CT molecular complexity index is 1300. The van der Waals surface area contributed by atoms with Crippen LogP contribution in [0.5, 0.6) is 0 Å². The van der Waals surface area contributed by atoms with Crippen LogP contribution in [-0.4, -0.2) is 38.5 Å². The van der Waals surface area contributed by atoms with Crippen LogP contribution in [0.1, 0.15) is 28.0 Å². The minimum atomic E-state index is -4.53. The first-order valence-corrected chi connectivity index (χ1v) is 10.4. The molecule has 0 atom stereocenters. The summed E-state index contributed by atoms with van der Waals surface area (Å²) in [4.78, 5) is 27.6. The van der Waals surface area contributed by atoms with Crippen LogP contribution < -0.4 is 10.2 Å². The molecule has 0 saturated carbocycles. The highest BCUT2D eigenvalue weighted by Gasteiger charge is 2.32. The van der Waals surface area contributed by atoms with Gasteiger partial charge >= 0.3 is 6.18 Å². The van der Waals surface area contributed by atoms with Crippen molar-refractivity contribution in [1.29, 1.82) is 0 Å². The Morgan fingerprint density at radius 2 is 1.82 bits per heavy atom. The maximum absolute atomic E-state index is 13.2. The van der Waals surface area contributed by atoms with Gasteiger partial charge in [-0.15, -0.1) is 0 Å². The molecule has 10 heteroatoms. The molecule has 0 aliphatic carbocycles. The number of amides is 1. The monoisotopic (exact) mass is 452 g/mol. The van der Waals surface area contributed by atoms with E-state index < -0.39 is 17.6 Å². The smallest absolute Gasteiger partial charge is 0.356 e. The van der Waals surface area contributed by atoms with Crippen molar-refractivity contribution >= 4 is 28.4 Å². The molecule has 1 aliphatic heterocycles. The molecule has 4 aromatic heterocycles. The predicted molar refractivity (Wildman–Crippen MR) is 117 cm³/mol. The summed E-state index contributed by atoms with van der Waals surface area (Å²) in [6.45, 7) is 2.17. The van der Waals surface area contributed by atoms with Gasteiger partial charge in [0.15, 0.2) is 0 Å². The second kappa shape index (κ2) is 8.19. The van der Waals surface area contributed by atoms with Crippen LogP contribution in [0, 0.1) is 0 Å². The number of carbonyl (C=O) groups is 1. The van der Waals surface area contributed by atoms with Crippen LogP contribution in [-0.2, 0) is 12.7 Å². The largest absolute Gasteiger partial charge is 0.417 e. The zero-order valence-corrected chi connectivity index (χ0v) is 17.4. The van der Waals surface area contributed by atoms with E-state index in [-0.39, 0.29) is 23.3 Å². The lowest BCUT2D eigenvalue weighted by molar-refractivity contribution is -0.137. The van der Waals surface area contributed by atoms with Crippen LogP contribution in [0.4, 0.5) is 24.7 Å². The fraction of sp³-hybridized carbons (Fsp3) is 0.217. The molecule has 1 amide bonds. The van der Waals surface area contributed by atoms with E-state index in [9.17, 15) is 18.0 Å². The van der Waals surface area contributed by atoms with Crippen LogP contribution in [0.25, 0.3) is 11.0 Å². The Morgan fingerprint density at radius 1 is 1.03 bits per heavy atom. The van der Waals surface area contributed by atoms with Crippen LogP contribution in [0.15, 0.2) is 61.2 Å². The van der Waals surface area contributed by atoms with Crippen LogP contribution in [0.2, 0.25) is 0 Å². The van der Waals surface area contributed by atoms with Crippen molar-refractivity contribution in [3.05, 3.63) is 78.0 Å². The topological polar surface area (TPSA) is 75.9 Å². The molecule has 0 radical (unpaired) electrons. The standard InChI is InChI=1S/C23H19F3N6O/c24-23(25,26)17-10-16-11-19(32(21(16)29-12-17)14-15-4-6-27-7-5-15)22(33)30-18-2-3-20(28-13-18)31-8-1-9-31/h2-7,10-13H,1,8-9,14H2,(H,30,33). The molecule has 0 unspecified atom stereocenters. The van der Waals surface area contributed by atoms with Gasteiger partial charge in [-0.3, -0.25) is 9.78 Å². The number of rotatable bonds is 5. The summed E-state index contributed by atoms with van der Waals surface area (Å²) in [7, 11) is 0. The molecule has 1 N–H and O–H groups in total. The van der Waals surface area contributed by atoms with Gasteiger partial charge in [-0.1, -0.05) is 0 Å². The average molecular weight is 452 g/mol. The van der Waals surface area contributed by atoms with Gasteiger partial charge in [-0.25, -0.2) is 9.97 Å². The van der Waals surface area contributed by atoms with Gasteiger partial charge in [0.05, 0.1) is 17.4 Å². The lowest BCUT2D eigenvalue weighted by Crippen LogP contribution is -2.37. The Kier molecular flexibility index (Phi) is 5.20. The Balaban J connectivity index is 1.49. The highest BCUT2D eigenvalue weighted by Crippen LogP contribution is 2.32. The van der Waals surface area contributed by atoms with E-state index in [1.54, 1.807) is 41.4 Å². The molecule has 5 rings (SSSR count). The molecule has 0 bridgehead atoms. The summed E-state index contributed by atoms with van der Waals surface area (Å²) in [5.74, 6) is 0.379. The zero-order chi connectivity index (χ0) is 23.0. The van der Waals surface area contributed by atoms with E-state index >= 15 is 0 Å². The van der Waals surface area contributed by atoms with E-state index in [4.69, 9.17) is 0 Å². The average Bonchev–Trinajstić information content (AvgIpc) is 3.12. The third-order valence-electron chi connectivity index (χ3n) is 5.57. The molecule has 0 spiro atoms. The van der Waals surface area contributed by atoms with Gasteiger partial charge in [0, 0.05) is 43.6 Å². The molecule has 7 nitrogen and oxygen atoms in total. The molecule has 168 valence electrons. The summed E-state index contributed by atoms with van der Waals surface area (Å²) in [5, 5.41) is 3.02. The molecule has 1 aliphatic rings. The van der Waals surface area contributed by atoms with Crippen LogP contribution >= 0.6 is 0 Å². The third-order valence-corrected chi connectivity index (χ3v) is 5.57. The van der Waals surface area contributed by atoms with Crippen molar-refractivity contribution in [1.82, 2.24) is 19.5 Å². The first-order chi connectivity index (χ1) is 15.9. The van der Waals surface area contributed by atoms with Gasteiger partial charge in [-0.05, 0) is 48.4 Å². The Hall–Kier alpha value is -3.95. The highest BCUT2D eigenvalue weighted by atomic mass is 19.4. The van der Waals surface area contributed by atoms with Crippen molar-refractivity contribution in [3.63, 3.8) is 0 Å². The SMILES string of the molecule is O=C(Nc1ccc(N2CCC2)nc1)c1cc2cc(C(F)(F)F)cnc2n1Cc1ccncc1. The third kappa shape index (κ3) is 4.23. The number of hydrogen-bond donors (Lipinski definition) is 1. The number of hydrogen-bond acceptors (Lipinski definition) is 5. The van der Waals surface area contributed by atoms with E-state index in [0.717, 1.165) is 43.2 Å². The van der Waals surface area contributed by atoms with E-state index in [1.807, 2.05) is 6.07 Å². The van der Waals surface area contributed by atoms with E-state index in [0.29, 0.717) is 5.69 Å². The van der Waals surface area contributed by atoms with E-state index in [1.165, 1.54) is 6.07 Å².